The molecule has 0 saturated heterocycles. The van der Waals surface area contributed by atoms with Crippen molar-refractivity contribution < 1.29 is 9.90 Å². The summed E-state index contributed by atoms with van der Waals surface area (Å²) < 4.78 is 0. The largest absolute Gasteiger partial charge is 0.481 e. The summed E-state index contributed by atoms with van der Waals surface area (Å²) in [6.45, 7) is 10.2. The third-order valence-electron chi connectivity index (χ3n) is 3.21. The Kier molecular flexibility index (Phi) is 6.06. The summed E-state index contributed by atoms with van der Waals surface area (Å²) in [6, 6.07) is 0. The molecule has 0 rings (SSSR count). The molecule has 2 heteroatoms. The highest BCUT2D eigenvalue weighted by molar-refractivity contribution is 5.73. The van der Waals surface area contributed by atoms with Crippen molar-refractivity contribution >= 4 is 5.97 Å². The molecule has 1 N–H and O–H groups in total. The lowest BCUT2D eigenvalue weighted by Gasteiger charge is -2.32. The van der Waals surface area contributed by atoms with Crippen molar-refractivity contribution in [3.05, 3.63) is 0 Å². The minimum atomic E-state index is -0.686. The average Bonchev–Trinajstić information content (AvgIpc) is 2.10. The fourth-order valence-corrected chi connectivity index (χ4v) is 2.39. The first-order chi connectivity index (χ1) is 7.21. The van der Waals surface area contributed by atoms with Gasteiger partial charge in [-0.2, -0.15) is 0 Å². The van der Waals surface area contributed by atoms with E-state index in [0.29, 0.717) is 0 Å². The minimum Gasteiger partial charge on any atom is -0.481 e. The first kappa shape index (κ1) is 15.5. The Morgan fingerprint density at radius 3 is 2.06 bits per heavy atom. The molecule has 0 aromatic rings. The summed E-state index contributed by atoms with van der Waals surface area (Å²) in [7, 11) is 0. The van der Waals surface area contributed by atoms with Crippen molar-refractivity contribution in [2.24, 2.45) is 10.8 Å². The fourth-order valence-electron chi connectivity index (χ4n) is 2.39. The lowest BCUT2D eigenvalue weighted by molar-refractivity contribution is -0.148. The number of aliphatic carboxylic acids is 1. The van der Waals surface area contributed by atoms with Gasteiger partial charge < -0.3 is 5.11 Å². The van der Waals surface area contributed by atoms with Gasteiger partial charge in [0.15, 0.2) is 0 Å². The Morgan fingerprint density at radius 1 is 1.06 bits per heavy atom. The van der Waals surface area contributed by atoms with Crippen LogP contribution < -0.4 is 0 Å². The van der Waals surface area contributed by atoms with Crippen LogP contribution in [0.15, 0.2) is 0 Å². The van der Waals surface area contributed by atoms with Crippen molar-refractivity contribution in [1.29, 1.82) is 0 Å². The molecule has 2 nitrogen and oxygen atoms in total. The lowest BCUT2D eigenvalue weighted by Crippen LogP contribution is -2.30. The van der Waals surface area contributed by atoms with E-state index in [0.717, 1.165) is 12.8 Å². The smallest absolute Gasteiger partial charge is 0.309 e. The Morgan fingerprint density at radius 2 is 1.62 bits per heavy atom. The monoisotopic (exact) mass is 228 g/mol. The van der Waals surface area contributed by atoms with Crippen molar-refractivity contribution in [2.75, 3.05) is 0 Å². The van der Waals surface area contributed by atoms with E-state index < -0.39 is 11.4 Å². The van der Waals surface area contributed by atoms with Gasteiger partial charge in [0.25, 0.3) is 0 Å². The molecular formula is C14H28O2. The third kappa shape index (κ3) is 6.14. The Balaban J connectivity index is 4.08. The van der Waals surface area contributed by atoms with E-state index in [4.69, 9.17) is 5.11 Å². The summed E-state index contributed by atoms with van der Waals surface area (Å²) in [6.07, 6.45) is 6.91. The highest BCUT2D eigenvalue weighted by atomic mass is 16.4. The molecule has 0 aliphatic rings. The van der Waals surface area contributed by atoms with E-state index in [1.54, 1.807) is 0 Å². The minimum absolute atomic E-state index is 0.135. The van der Waals surface area contributed by atoms with Crippen LogP contribution in [0.1, 0.15) is 73.1 Å². The molecule has 0 heterocycles. The van der Waals surface area contributed by atoms with Crippen molar-refractivity contribution in [2.45, 2.75) is 73.1 Å². The molecule has 0 atom stereocenters. The molecule has 0 spiro atoms. The molecule has 0 radical (unpaired) electrons. The Labute approximate surface area is 100 Å². The Bertz CT molecular complexity index is 217. The number of carbonyl (C=O) groups is 1. The van der Waals surface area contributed by atoms with E-state index in [-0.39, 0.29) is 5.41 Å². The van der Waals surface area contributed by atoms with Gasteiger partial charge in [-0.1, -0.05) is 46.5 Å². The maximum Gasteiger partial charge on any atom is 0.309 e. The van der Waals surface area contributed by atoms with E-state index in [2.05, 4.69) is 20.8 Å². The lowest BCUT2D eigenvalue weighted by atomic mass is 9.72. The zero-order valence-electron chi connectivity index (χ0n) is 11.6. The number of hydrogen-bond donors (Lipinski definition) is 1. The van der Waals surface area contributed by atoms with Gasteiger partial charge in [0.1, 0.15) is 0 Å². The van der Waals surface area contributed by atoms with E-state index >= 15 is 0 Å². The van der Waals surface area contributed by atoms with Crippen molar-refractivity contribution in [1.82, 2.24) is 0 Å². The number of unbranched alkanes of at least 4 members (excludes halogenated alkanes) is 3. The fraction of sp³-hybridized carbons (Fsp3) is 0.929. The highest BCUT2D eigenvalue weighted by Gasteiger charge is 2.34. The number of carboxylic acid groups (broad SMARTS) is 1. The van der Waals surface area contributed by atoms with Crippen LogP contribution in [-0.2, 0) is 4.79 Å². The molecule has 0 amide bonds. The topological polar surface area (TPSA) is 37.3 Å². The van der Waals surface area contributed by atoms with Crippen LogP contribution in [0.3, 0.4) is 0 Å². The van der Waals surface area contributed by atoms with Gasteiger partial charge in [-0.3, -0.25) is 4.79 Å². The van der Waals surface area contributed by atoms with Gasteiger partial charge in [-0.25, -0.2) is 0 Å². The maximum atomic E-state index is 11.1. The Hall–Kier alpha value is -0.530. The normalized spacial score (nSPS) is 12.8. The second kappa shape index (κ2) is 6.27. The average molecular weight is 228 g/mol. The quantitative estimate of drug-likeness (QED) is 0.622. The predicted octanol–water partition coefficient (Wildman–Crippen LogP) is 4.48. The molecule has 96 valence electrons. The number of carboxylic acids is 1. The SMILES string of the molecule is CCCCCCC(C)(C)CC(C)(C)C(=O)O. The standard InChI is InChI=1S/C14H28O2/c1-6-7-8-9-10-13(2,3)11-14(4,5)12(15)16/h6-11H2,1-5H3,(H,15,16). The van der Waals surface area contributed by atoms with E-state index in [1.165, 1.54) is 25.7 Å². The molecule has 0 aromatic heterocycles. The van der Waals surface area contributed by atoms with Crippen molar-refractivity contribution in [3.63, 3.8) is 0 Å². The molecule has 0 unspecified atom stereocenters. The van der Waals surface area contributed by atoms with Crippen LogP contribution in [0.2, 0.25) is 0 Å². The van der Waals surface area contributed by atoms with E-state index in [9.17, 15) is 4.79 Å². The molecule has 16 heavy (non-hydrogen) atoms. The zero-order chi connectivity index (χ0) is 12.8. The highest BCUT2D eigenvalue weighted by Crippen LogP contribution is 2.37. The van der Waals surface area contributed by atoms with Crippen molar-refractivity contribution in [3.8, 4) is 0 Å². The van der Waals surface area contributed by atoms with Gasteiger partial charge in [0.2, 0.25) is 0 Å². The van der Waals surface area contributed by atoms with Crippen LogP contribution in [0.4, 0.5) is 0 Å². The van der Waals surface area contributed by atoms with Crippen LogP contribution in [-0.4, -0.2) is 11.1 Å². The molecule has 0 saturated carbocycles. The first-order valence-corrected chi connectivity index (χ1v) is 6.45. The van der Waals surface area contributed by atoms with Gasteiger partial charge in [0, 0.05) is 0 Å². The molecule has 0 aromatic carbocycles. The second-order valence-electron chi connectivity index (χ2n) is 6.34. The van der Waals surface area contributed by atoms with Crippen LogP contribution in [0, 0.1) is 10.8 Å². The number of rotatable bonds is 8. The van der Waals surface area contributed by atoms with Gasteiger partial charge in [-0.15, -0.1) is 0 Å². The summed E-state index contributed by atoms with van der Waals surface area (Å²) in [5.74, 6) is -0.686. The summed E-state index contributed by atoms with van der Waals surface area (Å²) >= 11 is 0. The third-order valence-corrected chi connectivity index (χ3v) is 3.21. The first-order valence-electron chi connectivity index (χ1n) is 6.45. The van der Waals surface area contributed by atoms with Crippen LogP contribution in [0.5, 0.6) is 0 Å². The van der Waals surface area contributed by atoms with Crippen LogP contribution >= 0.6 is 0 Å². The van der Waals surface area contributed by atoms with Crippen LogP contribution in [0.25, 0.3) is 0 Å². The van der Waals surface area contributed by atoms with Gasteiger partial charge >= 0.3 is 5.97 Å². The van der Waals surface area contributed by atoms with E-state index in [1.807, 2.05) is 13.8 Å². The zero-order valence-corrected chi connectivity index (χ0v) is 11.6. The summed E-state index contributed by atoms with van der Waals surface area (Å²) in [4.78, 5) is 11.1. The molecule has 0 bridgehead atoms. The summed E-state index contributed by atoms with van der Waals surface area (Å²) in [5, 5.41) is 9.11. The molecule has 0 fully saturated rings. The molecular weight excluding hydrogens is 200 g/mol. The second-order valence-corrected chi connectivity index (χ2v) is 6.34. The molecule has 0 aliphatic carbocycles. The predicted molar refractivity (Wildman–Crippen MR) is 68.6 cm³/mol. The maximum absolute atomic E-state index is 11.1. The number of hydrogen-bond acceptors (Lipinski definition) is 1. The molecule has 0 aliphatic heterocycles. The van der Waals surface area contributed by atoms with Gasteiger partial charge in [-0.05, 0) is 32.1 Å². The van der Waals surface area contributed by atoms with Gasteiger partial charge in [0.05, 0.1) is 5.41 Å². The summed E-state index contributed by atoms with van der Waals surface area (Å²) in [5.41, 5.74) is -0.468.